The van der Waals surface area contributed by atoms with Crippen LogP contribution in [0.25, 0.3) is 0 Å². The minimum Gasteiger partial charge on any atom is -0.368 e. The minimum atomic E-state index is -0.394. The summed E-state index contributed by atoms with van der Waals surface area (Å²) in [6.07, 6.45) is 0. The predicted molar refractivity (Wildman–Crippen MR) is 65.3 cm³/mol. The number of nitrogens with one attached hydrogen (secondary N) is 2. The second-order valence-electron chi connectivity index (χ2n) is 5.39. The molecule has 1 saturated heterocycles. The fourth-order valence-corrected chi connectivity index (χ4v) is 1.86. The summed E-state index contributed by atoms with van der Waals surface area (Å²) in [5, 5.41) is 5.97. The number of nitrogens with two attached hydrogens (primary N) is 1. The Morgan fingerprint density at radius 2 is 2.12 bits per heavy atom. The molecule has 1 rings (SSSR count). The Hall–Kier alpha value is -1.14. The van der Waals surface area contributed by atoms with E-state index in [0.717, 1.165) is 6.54 Å². The molecule has 1 unspecified atom stereocenters. The summed E-state index contributed by atoms with van der Waals surface area (Å²) >= 11 is 0. The maximum absolute atomic E-state index is 11.8. The molecule has 0 aromatic heterocycles. The maximum Gasteiger partial charge on any atom is 0.236 e. The standard InChI is InChI=1S/C11H22N4O2/c1-11(2,3)14-9(16)7-15-5-4-13-6-8(15)10(12)17/h8,13H,4-7H2,1-3H3,(H2,12,17)(H,14,16). The Morgan fingerprint density at radius 1 is 1.47 bits per heavy atom. The van der Waals surface area contributed by atoms with Gasteiger partial charge in [0.2, 0.25) is 11.8 Å². The van der Waals surface area contributed by atoms with E-state index in [2.05, 4.69) is 10.6 Å². The molecular weight excluding hydrogens is 220 g/mol. The highest BCUT2D eigenvalue weighted by Crippen LogP contribution is 2.04. The van der Waals surface area contributed by atoms with E-state index in [1.54, 1.807) is 0 Å². The summed E-state index contributed by atoms with van der Waals surface area (Å²) in [6.45, 7) is 7.93. The van der Waals surface area contributed by atoms with Crippen molar-refractivity contribution in [2.24, 2.45) is 5.73 Å². The molecule has 1 aliphatic heterocycles. The molecule has 0 spiro atoms. The van der Waals surface area contributed by atoms with E-state index in [9.17, 15) is 9.59 Å². The summed E-state index contributed by atoms with van der Waals surface area (Å²) in [7, 11) is 0. The molecule has 17 heavy (non-hydrogen) atoms. The number of carbonyl (C=O) groups is 2. The van der Waals surface area contributed by atoms with Gasteiger partial charge < -0.3 is 16.4 Å². The Labute approximate surface area is 102 Å². The summed E-state index contributed by atoms with van der Waals surface area (Å²) in [5.74, 6) is -0.466. The SMILES string of the molecule is CC(C)(C)NC(=O)CN1CCNCC1C(N)=O. The number of hydrogen-bond acceptors (Lipinski definition) is 4. The number of hydrogen-bond donors (Lipinski definition) is 3. The van der Waals surface area contributed by atoms with Gasteiger partial charge in [0.1, 0.15) is 6.04 Å². The summed E-state index contributed by atoms with van der Waals surface area (Å²) < 4.78 is 0. The van der Waals surface area contributed by atoms with E-state index < -0.39 is 6.04 Å². The van der Waals surface area contributed by atoms with Gasteiger partial charge in [0, 0.05) is 25.2 Å². The van der Waals surface area contributed by atoms with E-state index in [1.165, 1.54) is 0 Å². The first-order valence-corrected chi connectivity index (χ1v) is 5.85. The number of nitrogens with zero attached hydrogens (tertiary/aromatic N) is 1. The van der Waals surface area contributed by atoms with Gasteiger partial charge in [-0.1, -0.05) is 0 Å². The van der Waals surface area contributed by atoms with Gasteiger partial charge in [-0.05, 0) is 20.8 Å². The third kappa shape index (κ3) is 4.70. The number of piperazine rings is 1. The van der Waals surface area contributed by atoms with Crippen LogP contribution in [0.2, 0.25) is 0 Å². The number of amides is 2. The lowest BCUT2D eigenvalue weighted by Crippen LogP contribution is -2.59. The highest BCUT2D eigenvalue weighted by Gasteiger charge is 2.28. The second kappa shape index (κ2) is 5.46. The van der Waals surface area contributed by atoms with Crippen LogP contribution < -0.4 is 16.4 Å². The van der Waals surface area contributed by atoms with Crippen molar-refractivity contribution >= 4 is 11.8 Å². The minimum absolute atomic E-state index is 0.0781. The summed E-state index contributed by atoms with van der Waals surface area (Å²) in [5.41, 5.74) is 5.05. The van der Waals surface area contributed by atoms with Crippen LogP contribution in [0.5, 0.6) is 0 Å². The average Bonchev–Trinajstić information content (AvgIpc) is 2.14. The molecule has 0 radical (unpaired) electrons. The van der Waals surface area contributed by atoms with Crippen LogP contribution in [-0.2, 0) is 9.59 Å². The number of carbonyl (C=O) groups excluding carboxylic acids is 2. The van der Waals surface area contributed by atoms with E-state index >= 15 is 0 Å². The highest BCUT2D eigenvalue weighted by atomic mass is 16.2. The molecule has 0 aromatic rings. The molecule has 4 N–H and O–H groups in total. The Balaban J connectivity index is 2.53. The third-order valence-electron chi connectivity index (χ3n) is 2.54. The normalized spacial score (nSPS) is 22.2. The lowest BCUT2D eigenvalue weighted by Gasteiger charge is -2.34. The number of primary amides is 1. The molecule has 6 heteroatoms. The zero-order valence-electron chi connectivity index (χ0n) is 10.7. The van der Waals surface area contributed by atoms with Crippen molar-refractivity contribution in [1.29, 1.82) is 0 Å². The highest BCUT2D eigenvalue weighted by molar-refractivity contribution is 5.83. The maximum atomic E-state index is 11.8. The van der Waals surface area contributed by atoms with Crippen LogP contribution in [0.1, 0.15) is 20.8 Å². The molecule has 0 aromatic carbocycles. The molecule has 1 aliphatic rings. The van der Waals surface area contributed by atoms with E-state index in [0.29, 0.717) is 13.1 Å². The lowest BCUT2D eigenvalue weighted by atomic mass is 10.1. The van der Waals surface area contributed by atoms with Crippen LogP contribution in [-0.4, -0.2) is 54.5 Å². The van der Waals surface area contributed by atoms with Gasteiger partial charge in [0.15, 0.2) is 0 Å². The molecule has 0 aliphatic carbocycles. The number of rotatable bonds is 3. The molecule has 1 atom stereocenters. The van der Waals surface area contributed by atoms with Crippen molar-refractivity contribution in [3.8, 4) is 0 Å². The summed E-state index contributed by atoms with van der Waals surface area (Å²) in [6, 6.07) is -0.394. The smallest absolute Gasteiger partial charge is 0.236 e. The average molecular weight is 242 g/mol. The van der Waals surface area contributed by atoms with Gasteiger partial charge in [0.25, 0.3) is 0 Å². The topological polar surface area (TPSA) is 87.5 Å². The third-order valence-corrected chi connectivity index (χ3v) is 2.54. The van der Waals surface area contributed by atoms with Crippen molar-refractivity contribution in [3.63, 3.8) is 0 Å². The van der Waals surface area contributed by atoms with Gasteiger partial charge in [-0.3, -0.25) is 14.5 Å². The van der Waals surface area contributed by atoms with Gasteiger partial charge in [-0.2, -0.15) is 0 Å². The molecule has 0 bridgehead atoms. The van der Waals surface area contributed by atoms with Gasteiger partial charge in [0.05, 0.1) is 6.54 Å². The Morgan fingerprint density at radius 3 is 2.65 bits per heavy atom. The van der Waals surface area contributed by atoms with Crippen LogP contribution >= 0.6 is 0 Å². The predicted octanol–water partition coefficient (Wildman–Crippen LogP) is -1.34. The van der Waals surface area contributed by atoms with Crippen LogP contribution in [0, 0.1) is 0 Å². The van der Waals surface area contributed by atoms with E-state index in [1.807, 2.05) is 25.7 Å². The zero-order valence-corrected chi connectivity index (χ0v) is 10.7. The van der Waals surface area contributed by atoms with Gasteiger partial charge >= 0.3 is 0 Å². The van der Waals surface area contributed by atoms with Crippen molar-refractivity contribution in [3.05, 3.63) is 0 Å². The first-order valence-electron chi connectivity index (χ1n) is 5.85. The monoisotopic (exact) mass is 242 g/mol. The second-order valence-corrected chi connectivity index (χ2v) is 5.39. The van der Waals surface area contributed by atoms with Crippen molar-refractivity contribution in [2.45, 2.75) is 32.4 Å². The molecule has 1 heterocycles. The molecule has 0 saturated carbocycles. The van der Waals surface area contributed by atoms with Crippen LogP contribution in [0.4, 0.5) is 0 Å². The summed E-state index contributed by atoms with van der Waals surface area (Å²) in [4.78, 5) is 24.8. The van der Waals surface area contributed by atoms with Crippen molar-refractivity contribution in [1.82, 2.24) is 15.5 Å². The van der Waals surface area contributed by atoms with E-state index in [4.69, 9.17) is 5.73 Å². The molecular formula is C11H22N4O2. The largest absolute Gasteiger partial charge is 0.368 e. The van der Waals surface area contributed by atoms with Gasteiger partial charge in [-0.25, -0.2) is 0 Å². The first kappa shape index (κ1) is 13.9. The van der Waals surface area contributed by atoms with Crippen LogP contribution in [0.3, 0.4) is 0 Å². The van der Waals surface area contributed by atoms with Crippen molar-refractivity contribution < 1.29 is 9.59 Å². The lowest BCUT2D eigenvalue weighted by molar-refractivity contribution is -0.128. The molecule has 1 fully saturated rings. The first-order chi connectivity index (χ1) is 7.79. The Kier molecular flexibility index (Phi) is 4.47. The Bertz CT molecular complexity index is 298. The van der Waals surface area contributed by atoms with E-state index in [-0.39, 0.29) is 23.9 Å². The van der Waals surface area contributed by atoms with Crippen molar-refractivity contribution in [2.75, 3.05) is 26.2 Å². The molecule has 98 valence electrons. The van der Waals surface area contributed by atoms with Crippen LogP contribution in [0.15, 0.2) is 0 Å². The quantitative estimate of drug-likeness (QED) is 0.571. The molecule has 2 amide bonds. The fourth-order valence-electron chi connectivity index (χ4n) is 1.86. The van der Waals surface area contributed by atoms with Gasteiger partial charge in [-0.15, -0.1) is 0 Å². The fraction of sp³-hybridized carbons (Fsp3) is 0.818. The molecule has 6 nitrogen and oxygen atoms in total. The zero-order chi connectivity index (χ0) is 13.1.